The molecule has 1 aromatic rings. The number of nitrogens with zero attached hydrogens (tertiary/aromatic N) is 2. The van der Waals surface area contributed by atoms with Gasteiger partial charge in [-0.15, -0.1) is 0 Å². The summed E-state index contributed by atoms with van der Waals surface area (Å²) in [6.07, 6.45) is 0.467. The number of β-amino-alcohol motifs (C(OH)–C–C–N with tert-alkyl or cyclic N) is 1. The van der Waals surface area contributed by atoms with Crippen LogP contribution in [-0.4, -0.2) is 101 Å². The lowest BCUT2D eigenvalue weighted by Gasteiger charge is -2.43. The zero-order valence-electron chi connectivity index (χ0n) is 19.5. The monoisotopic (exact) mass is 452 g/mol. The predicted octanol–water partition coefficient (Wildman–Crippen LogP) is 0.438. The zero-order chi connectivity index (χ0) is 23.7. The van der Waals surface area contributed by atoms with E-state index in [4.69, 9.17) is 0 Å². The lowest BCUT2D eigenvalue weighted by Crippen LogP contribution is -2.62. The molecule has 0 aliphatic carbocycles. The second kappa shape index (κ2) is 13.1. The van der Waals surface area contributed by atoms with Gasteiger partial charge in [0.25, 0.3) is 0 Å². The molecule has 0 radical (unpaired) electrons. The van der Waals surface area contributed by atoms with Crippen LogP contribution in [0.1, 0.15) is 38.2 Å². The highest BCUT2D eigenvalue weighted by Gasteiger charge is 2.40. The molecule has 182 valence electrons. The summed E-state index contributed by atoms with van der Waals surface area (Å²) < 4.78 is 0. The Morgan fingerprint density at radius 1 is 1.09 bits per heavy atom. The lowest BCUT2D eigenvalue weighted by atomic mass is 9.94. The van der Waals surface area contributed by atoms with Gasteiger partial charge in [-0.1, -0.05) is 18.9 Å². The van der Waals surface area contributed by atoms with Crippen molar-refractivity contribution in [1.82, 2.24) is 9.80 Å². The maximum atomic E-state index is 11.6. The maximum absolute atomic E-state index is 11.6. The Morgan fingerprint density at radius 3 is 2.47 bits per heavy atom. The van der Waals surface area contributed by atoms with E-state index >= 15 is 0 Å². The van der Waals surface area contributed by atoms with Crippen molar-refractivity contribution in [2.45, 2.75) is 63.5 Å². The van der Waals surface area contributed by atoms with E-state index in [1.165, 1.54) is 6.92 Å². The van der Waals surface area contributed by atoms with Crippen LogP contribution < -0.4 is 10.6 Å². The van der Waals surface area contributed by atoms with Gasteiger partial charge in [0.2, 0.25) is 5.91 Å². The first-order valence-electron chi connectivity index (χ1n) is 11.4. The fraction of sp³-hybridized carbons (Fsp3) is 0.696. The molecule has 1 aromatic carbocycles. The normalized spacial score (nSPS) is 24.0. The number of aliphatic hydroxyl groups excluding tert-OH is 4. The molecule has 9 nitrogen and oxygen atoms in total. The first-order valence-corrected chi connectivity index (χ1v) is 11.4. The van der Waals surface area contributed by atoms with Crippen LogP contribution in [-0.2, 0) is 11.3 Å². The third-order valence-electron chi connectivity index (χ3n) is 5.80. The van der Waals surface area contributed by atoms with Crippen molar-refractivity contribution in [1.29, 1.82) is 0 Å². The topological polar surface area (TPSA) is 129 Å². The fourth-order valence-corrected chi connectivity index (χ4v) is 4.15. The highest BCUT2D eigenvalue weighted by atomic mass is 16.4. The van der Waals surface area contributed by atoms with E-state index < -0.39 is 24.4 Å². The summed E-state index contributed by atoms with van der Waals surface area (Å²) in [6, 6.07) is 5.52. The van der Waals surface area contributed by atoms with E-state index in [0.717, 1.165) is 55.7 Å². The van der Waals surface area contributed by atoms with Gasteiger partial charge >= 0.3 is 0 Å². The molecule has 6 N–H and O–H groups in total. The Labute approximate surface area is 191 Å². The molecule has 0 saturated carbocycles. The predicted molar refractivity (Wildman–Crippen MR) is 126 cm³/mol. The van der Waals surface area contributed by atoms with Crippen LogP contribution in [0.15, 0.2) is 18.2 Å². The number of hydrogen-bond donors (Lipinski definition) is 6. The molecule has 0 spiro atoms. The van der Waals surface area contributed by atoms with Crippen LogP contribution in [0.25, 0.3) is 0 Å². The molecular weight excluding hydrogens is 412 g/mol. The number of amides is 1. The fourth-order valence-electron chi connectivity index (χ4n) is 4.15. The summed E-state index contributed by atoms with van der Waals surface area (Å²) in [5.74, 6) is -0.100. The van der Waals surface area contributed by atoms with Crippen molar-refractivity contribution in [2.75, 3.05) is 51.0 Å². The van der Waals surface area contributed by atoms with E-state index in [1.54, 1.807) is 0 Å². The first-order chi connectivity index (χ1) is 15.2. The minimum absolute atomic E-state index is 0.100. The van der Waals surface area contributed by atoms with Crippen LogP contribution in [0.3, 0.4) is 0 Å². The molecule has 1 amide bonds. The second-order valence-electron chi connectivity index (χ2n) is 8.93. The van der Waals surface area contributed by atoms with Crippen molar-refractivity contribution in [3.8, 4) is 0 Å². The highest BCUT2D eigenvalue weighted by molar-refractivity contribution is 5.92. The largest absolute Gasteiger partial charge is 0.395 e. The van der Waals surface area contributed by atoms with Gasteiger partial charge in [0.05, 0.1) is 30.1 Å². The van der Waals surface area contributed by atoms with Crippen LogP contribution in [0.5, 0.6) is 0 Å². The molecule has 4 atom stereocenters. The number of likely N-dealkylation sites (tertiary alicyclic amines) is 1. The number of nitrogens with one attached hydrogen (secondary N) is 2. The number of carbonyl (C=O) groups is 1. The highest BCUT2D eigenvalue weighted by Crippen LogP contribution is 2.24. The van der Waals surface area contributed by atoms with Gasteiger partial charge in [0.1, 0.15) is 12.2 Å². The minimum Gasteiger partial charge on any atom is -0.395 e. The van der Waals surface area contributed by atoms with Crippen molar-refractivity contribution in [2.24, 2.45) is 0 Å². The molecule has 1 aliphatic rings. The number of unbranched alkanes of at least 4 members (excludes halogenated alkanes) is 3. The van der Waals surface area contributed by atoms with Crippen molar-refractivity contribution in [3.05, 3.63) is 23.8 Å². The SMILES string of the molecule is CC(=O)Nc1cc(CN(C)C)ccc1NCCCCCCN1C[C@H](O)[C@@H](O)[C@H](O)[C@H]1CO. The Kier molecular flexibility index (Phi) is 10.8. The molecule has 9 heteroatoms. The van der Waals surface area contributed by atoms with E-state index in [-0.39, 0.29) is 19.1 Å². The summed E-state index contributed by atoms with van der Waals surface area (Å²) >= 11 is 0. The molecule has 1 aliphatic heterocycles. The van der Waals surface area contributed by atoms with Gasteiger partial charge < -0.3 is 36.0 Å². The van der Waals surface area contributed by atoms with Gasteiger partial charge in [0.15, 0.2) is 0 Å². The van der Waals surface area contributed by atoms with Crippen LogP contribution >= 0.6 is 0 Å². The van der Waals surface area contributed by atoms with Crippen LogP contribution in [0.4, 0.5) is 11.4 Å². The zero-order valence-corrected chi connectivity index (χ0v) is 19.5. The van der Waals surface area contributed by atoms with Gasteiger partial charge in [-0.25, -0.2) is 0 Å². The second-order valence-corrected chi connectivity index (χ2v) is 8.93. The average Bonchev–Trinajstić information content (AvgIpc) is 2.72. The summed E-state index contributed by atoms with van der Waals surface area (Å²) in [4.78, 5) is 15.5. The quantitative estimate of drug-likeness (QED) is 0.252. The molecule has 2 rings (SSSR count). The van der Waals surface area contributed by atoms with E-state index in [9.17, 15) is 25.2 Å². The number of anilines is 2. The van der Waals surface area contributed by atoms with Crippen molar-refractivity contribution in [3.63, 3.8) is 0 Å². The van der Waals surface area contributed by atoms with E-state index in [2.05, 4.69) is 21.6 Å². The summed E-state index contributed by atoms with van der Waals surface area (Å²) in [5.41, 5.74) is 2.82. The molecule has 1 heterocycles. The van der Waals surface area contributed by atoms with Gasteiger partial charge in [-0.2, -0.15) is 0 Å². The molecular formula is C23H40N4O5. The van der Waals surface area contributed by atoms with Gasteiger partial charge in [-0.05, 0) is 51.2 Å². The number of piperidine rings is 1. The number of hydrogen-bond acceptors (Lipinski definition) is 8. The molecule has 1 saturated heterocycles. The third-order valence-corrected chi connectivity index (χ3v) is 5.80. The average molecular weight is 453 g/mol. The smallest absolute Gasteiger partial charge is 0.221 e. The van der Waals surface area contributed by atoms with Gasteiger partial charge in [0, 0.05) is 26.6 Å². The van der Waals surface area contributed by atoms with E-state index in [0.29, 0.717) is 6.54 Å². The number of rotatable bonds is 12. The van der Waals surface area contributed by atoms with Crippen LogP contribution in [0, 0.1) is 0 Å². The number of aliphatic hydroxyl groups is 4. The van der Waals surface area contributed by atoms with Crippen molar-refractivity contribution < 1.29 is 25.2 Å². The molecule has 32 heavy (non-hydrogen) atoms. The molecule has 1 fully saturated rings. The lowest BCUT2D eigenvalue weighted by molar-refractivity contribution is -0.145. The molecule has 0 aromatic heterocycles. The van der Waals surface area contributed by atoms with Crippen molar-refractivity contribution >= 4 is 17.3 Å². The summed E-state index contributed by atoms with van der Waals surface area (Å²) in [5, 5.41) is 45.5. The number of benzene rings is 1. The maximum Gasteiger partial charge on any atom is 0.221 e. The Balaban J connectivity index is 1.74. The first kappa shape index (κ1) is 26.5. The van der Waals surface area contributed by atoms with Crippen LogP contribution in [0.2, 0.25) is 0 Å². The summed E-state index contributed by atoms with van der Waals surface area (Å²) in [6.45, 7) is 3.74. The Morgan fingerprint density at radius 2 is 1.81 bits per heavy atom. The van der Waals surface area contributed by atoms with Gasteiger partial charge in [-0.3, -0.25) is 9.69 Å². The minimum atomic E-state index is -1.21. The Hall–Kier alpha value is -1.75. The Bertz CT molecular complexity index is 718. The standard InChI is InChI=1S/C23H40N4O5/c1-16(29)25-19-12-17(13-26(2)3)8-9-18(19)24-10-6-4-5-7-11-27-14-21(30)23(32)22(31)20(27)15-28/h8-9,12,20-24,28,30-32H,4-7,10-11,13-15H2,1-3H3,(H,25,29)/t20-,21+,22-,23-/m1/s1. The van der Waals surface area contributed by atoms with E-state index in [1.807, 2.05) is 31.1 Å². The molecule has 0 unspecified atom stereocenters. The molecule has 0 bridgehead atoms. The number of carbonyl (C=O) groups excluding carboxylic acids is 1. The summed E-state index contributed by atoms with van der Waals surface area (Å²) in [7, 11) is 4.01. The third kappa shape index (κ3) is 7.99.